The van der Waals surface area contributed by atoms with Gasteiger partial charge in [-0.25, -0.2) is 0 Å². The zero-order valence-electron chi connectivity index (χ0n) is 12.0. The molecule has 0 saturated heterocycles. The van der Waals surface area contributed by atoms with Crippen LogP contribution in [0.1, 0.15) is 21.7 Å². The summed E-state index contributed by atoms with van der Waals surface area (Å²) in [5, 5.41) is 2.89. The maximum Gasteiger partial charge on any atom is 0.251 e. The number of nitrogens with zero attached hydrogens (tertiary/aromatic N) is 1. The van der Waals surface area contributed by atoms with E-state index >= 15 is 0 Å². The van der Waals surface area contributed by atoms with Crippen molar-refractivity contribution in [3.8, 4) is 0 Å². The number of amides is 1. The first-order valence-corrected chi connectivity index (χ1v) is 8.98. The van der Waals surface area contributed by atoms with Gasteiger partial charge in [-0.15, -0.1) is 0 Å². The van der Waals surface area contributed by atoms with Crippen LogP contribution < -0.4 is 5.32 Å². The van der Waals surface area contributed by atoms with Gasteiger partial charge < -0.3 is 9.73 Å². The Labute approximate surface area is 137 Å². The van der Waals surface area contributed by atoms with Gasteiger partial charge >= 0.3 is 0 Å². The minimum Gasteiger partial charge on any atom is -0.467 e. The second-order valence-electron chi connectivity index (χ2n) is 4.70. The lowest BCUT2D eigenvalue weighted by Crippen LogP contribution is -2.23. The van der Waals surface area contributed by atoms with Crippen molar-refractivity contribution < 1.29 is 9.21 Å². The first kappa shape index (κ1) is 15.2. The molecule has 2 heterocycles. The summed E-state index contributed by atoms with van der Waals surface area (Å²) in [5.74, 6) is 2.49. The molecule has 6 heteroatoms. The summed E-state index contributed by atoms with van der Waals surface area (Å²) in [4.78, 5) is 16.8. The Balaban J connectivity index is 1.63. The minimum atomic E-state index is -0.0754. The highest BCUT2D eigenvalue weighted by atomic mass is 32.2. The molecule has 1 aliphatic rings. The van der Waals surface area contributed by atoms with Crippen molar-refractivity contribution in [3.63, 3.8) is 0 Å². The summed E-state index contributed by atoms with van der Waals surface area (Å²) in [7, 11) is 0. The molecule has 0 unspecified atom stereocenters. The molecule has 3 rings (SSSR count). The molecule has 1 aromatic carbocycles. The highest BCUT2D eigenvalue weighted by Crippen LogP contribution is 2.26. The van der Waals surface area contributed by atoms with Gasteiger partial charge in [0, 0.05) is 17.1 Å². The SMILES string of the molecule is O=C(NCc1ccco1)c1ccccc1CSC1=NCCS1. The van der Waals surface area contributed by atoms with E-state index in [0.29, 0.717) is 12.1 Å². The number of carbonyl (C=O) groups excluding carboxylic acids is 1. The van der Waals surface area contributed by atoms with E-state index in [1.165, 1.54) is 0 Å². The molecule has 1 N–H and O–H groups in total. The molecule has 114 valence electrons. The highest BCUT2D eigenvalue weighted by molar-refractivity contribution is 8.38. The summed E-state index contributed by atoms with van der Waals surface area (Å²) in [6.07, 6.45) is 1.60. The van der Waals surface area contributed by atoms with E-state index < -0.39 is 0 Å². The van der Waals surface area contributed by atoms with Crippen LogP contribution in [0.25, 0.3) is 0 Å². The molecule has 0 bridgehead atoms. The lowest BCUT2D eigenvalue weighted by Gasteiger charge is -2.09. The molecule has 0 fully saturated rings. The van der Waals surface area contributed by atoms with Crippen LogP contribution in [0, 0.1) is 0 Å². The third-order valence-corrected chi connectivity index (χ3v) is 5.48. The maximum atomic E-state index is 12.4. The topological polar surface area (TPSA) is 54.6 Å². The molecule has 4 nitrogen and oxygen atoms in total. The molecule has 0 saturated carbocycles. The van der Waals surface area contributed by atoms with Crippen molar-refractivity contribution in [2.24, 2.45) is 4.99 Å². The lowest BCUT2D eigenvalue weighted by atomic mass is 10.1. The molecule has 2 aromatic rings. The lowest BCUT2D eigenvalue weighted by molar-refractivity contribution is 0.0947. The number of benzene rings is 1. The number of rotatable bonds is 5. The number of nitrogens with one attached hydrogen (secondary N) is 1. The average molecular weight is 332 g/mol. The second kappa shape index (κ2) is 7.56. The third-order valence-electron chi connectivity index (χ3n) is 3.17. The Morgan fingerprint density at radius 1 is 1.32 bits per heavy atom. The Morgan fingerprint density at radius 2 is 2.23 bits per heavy atom. The van der Waals surface area contributed by atoms with Gasteiger partial charge in [-0.2, -0.15) is 0 Å². The van der Waals surface area contributed by atoms with E-state index in [4.69, 9.17) is 4.42 Å². The summed E-state index contributed by atoms with van der Waals surface area (Å²) in [5.41, 5.74) is 1.74. The van der Waals surface area contributed by atoms with Crippen LogP contribution in [0.3, 0.4) is 0 Å². The number of carbonyl (C=O) groups is 1. The van der Waals surface area contributed by atoms with Gasteiger partial charge in [-0.1, -0.05) is 41.7 Å². The Morgan fingerprint density at radius 3 is 3.00 bits per heavy atom. The van der Waals surface area contributed by atoms with Crippen LogP contribution in [0.4, 0.5) is 0 Å². The van der Waals surface area contributed by atoms with Crippen molar-refractivity contribution in [2.75, 3.05) is 12.3 Å². The van der Waals surface area contributed by atoms with Gasteiger partial charge in [0.15, 0.2) is 0 Å². The van der Waals surface area contributed by atoms with Crippen molar-refractivity contribution in [3.05, 3.63) is 59.5 Å². The van der Waals surface area contributed by atoms with Gasteiger partial charge in [-0.05, 0) is 23.8 Å². The van der Waals surface area contributed by atoms with Crippen molar-refractivity contribution in [1.29, 1.82) is 0 Å². The third kappa shape index (κ3) is 3.96. The fourth-order valence-corrected chi connectivity index (χ4v) is 4.10. The molecule has 0 atom stereocenters. The number of hydrogen-bond acceptors (Lipinski definition) is 5. The van der Waals surface area contributed by atoms with Crippen LogP contribution in [0.15, 0.2) is 52.1 Å². The van der Waals surface area contributed by atoms with E-state index in [-0.39, 0.29) is 5.91 Å². The van der Waals surface area contributed by atoms with Crippen LogP contribution >= 0.6 is 23.5 Å². The Kier molecular flexibility index (Phi) is 5.24. The summed E-state index contributed by atoms with van der Waals surface area (Å²) < 4.78 is 6.34. The zero-order chi connectivity index (χ0) is 15.2. The first-order chi connectivity index (χ1) is 10.8. The number of hydrogen-bond donors (Lipinski definition) is 1. The molecule has 1 aromatic heterocycles. The van der Waals surface area contributed by atoms with E-state index in [1.54, 1.807) is 29.8 Å². The average Bonchev–Trinajstić information content (AvgIpc) is 3.24. The minimum absolute atomic E-state index is 0.0754. The van der Waals surface area contributed by atoms with Crippen LogP contribution in [-0.4, -0.2) is 22.6 Å². The molecular formula is C16H16N2O2S2. The number of thioether (sulfide) groups is 2. The number of aliphatic imine (C=N–C) groups is 1. The molecule has 0 spiro atoms. The van der Waals surface area contributed by atoms with E-state index in [2.05, 4.69) is 10.3 Å². The van der Waals surface area contributed by atoms with Crippen LogP contribution in [0.5, 0.6) is 0 Å². The van der Waals surface area contributed by atoms with Crippen molar-refractivity contribution >= 4 is 33.8 Å². The van der Waals surface area contributed by atoms with Crippen molar-refractivity contribution in [2.45, 2.75) is 12.3 Å². The quantitative estimate of drug-likeness (QED) is 0.910. The Bertz CT molecular complexity index is 669. The fourth-order valence-electron chi connectivity index (χ4n) is 2.09. The molecular weight excluding hydrogens is 316 g/mol. The largest absolute Gasteiger partial charge is 0.467 e. The molecule has 1 aliphatic heterocycles. The van der Waals surface area contributed by atoms with Crippen molar-refractivity contribution in [1.82, 2.24) is 5.32 Å². The van der Waals surface area contributed by atoms with E-state index in [1.807, 2.05) is 36.4 Å². The predicted octanol–water partition coefficient (Wildman–Crippen LogP) is 3.55. The molecule has 22 heavy (non-hydrogen) atoms. The standard InChI is InChI=1S/C16H16N2O2S2/c19-15(18-10-13-5-3-8-20-13)14-6-2-1-4-12(14)11-22-16-17-7-9-21-16/h1-6,8H,7,9-11H2,(H,18,19). The van der Waals surface area contributed by atoms with Gasteiger partial charge in [0.1, 0.15) is 10.1 Å². The normalized spacial score (nSPS) is 13.9. The van der Waals surface area contributed by atoms with E-state index in [0.717, 1.165) is 33.7 Å². The van der Waals surface area contributed by atoms with Crippen LogP contribution in [-0.2, 0) is 12.3 Å². The first-order valence-electron chi connectivity index (χ1n) is 7.01. The Hall–Kier alpha value is -1.66. The monoisotopic (exact) mass is 332 g/mol. The molecule has 0 radical (unpaired) electrons. The summed E-state index contributed by atoms with van der Waals surface area (Å²) in [6, 6.07) is 11.4. The summed E-state index contributed by atoms with van der Waals surface area (Å²) >= 11 is 3.48. The molecule has 0 aliphatic carbocycles. The summed E-state index contributed by atoms with van der Waals surface area (Å²) in [6.45, 7) is 1.30. The van der Waals surface area contributed by atoms with Gasteiger partial charge in [0.25, 0.3) is 5.91 Å². The van der Waals surface area contributed by atoms with Gasteiger partial charge in [-0.3, -0.25) is 9.79 Å². The van der Waals surface area contributed by atoms with Crippen LogP contribution in [0.2, 0.25) is 0 Å². The highest BCUT2D eigenvalue weighted by Gasteiger charge is 2.13. The van der Waals surface area contributed by atoms with Gasteiger partial charge in [0.05, 0.1) is 19.4 Å². The maximum absolute atomic E-state index is 12.4. The molecule has 1 amide bonds. The fraction of sp³-hybridized carbons (Fsp3) is 0.250. The van der Waals surface area contributed by atoms with E-state index in [9.17, 15) is 4.79 Å². The predicted molar refractivity (Wildman–Crippen MR) is 92.4 cm³/mol. The number of furan rings is 1. The zero-order valence-corrected chi connectivity index (χ0v) is 13.6. The van der Waals surface area contributed by atoms with Gasteiger partial charge in [0.2, 0.25) is 0 Å². The smallest absolute Gasteiger partial charge is 0.251 e. The second-order valence-corrected chi connectivity index (χ2v) is 7.01.